The van der Waals surface area contributed by atoms with Crippen LogP contribution in [0.2, 0.25) is 0 Å². The monoisotopic (exact) mass is 491 g/mol. The third kappa shape index (κ3) is 6.60. The van der Waals surface area contributed by atoms with E-state index in [1.54, 1.807) is 47.0 Å². The Morgan fingerprint density at radius 2 is 2.06 bits per heavy atom. The van der Waals surface area contributed by atoms with Crippen LogP contribution in [0.3, 0.4) is 0 Å². The Balaban J connectivity index is 1.91. The van der Waals surface area contributed by atoms with Crippen LogP contribution in [0.25, 0.3) is 0 Å². The number of hydrogen-bond donors (Lipinski definition) is 0. The highest BCUT2D eigenvalue weighted by Gasteiger charge is 2.28. The highest BCUT2D eigenvalue weighted by Crippen LogP contribution is 2.23. The summed E-state index contributed by atoms with van der Waals surface area (Å²) in [6, 6.07) is 7.04. The molecule has 0 aliphatic carbocycles. The predicted octanol–water partition coefficient (Wildman–Crippen LogP) is 3.69. The van der Waals surface area contributed by atoms with Crippen molar-refractivity contribution in [1.29, 1.82) is 0 Å². The first-order chi connectivity index (χ1) is 16.1. The molecule has 0 saturated carbocycles. The van der Waals surface area contributed by atoms with Gasteiger partial charge in [-0.05, 0) is 36.5 Å². The number of carbonyl (C=O) groups is 1. The number of methoxy groups -OCH3 is 1. The van der Waals surface area contributed by atoms with Gasteiger partial charge in [-0.1, -0.05) is 39.8 Å². The van der Waals surface area contributed by atoms with Gasteiger partial charge in [-0.3, -0.25) is 4.79 Å². The van der Waals surface area contributed by atoms with Crippen molar-refractivity contribution in [3.8, 4) is 5.75 Å². The molecule has 8 nitrogen and oxygen atoms in total. The number of rotatable bonds is 11. The fraction of sp³-hybridized carbons (Fsp3) is 0.600. The van der Waals surface area contributed by atoms with E-state index in [4.69, 9.17) is 9.47 Å². The summed E-state index contributed by atoms with van der Waals surface area (Å²) >= 11 is 0. The molecule has 188 valence electrons. The first-order valence-corrected chi connectivity index (χ1v) is 13.6. The minimum Gasteiger partial charge on any atom is -0.497 e. The number of benzene rings is 1. The molecule has 1 aliphatic heterocycles. The highest BCUT2D eigenvalue weighted by molar-refractivity contribution is 7.90. The first-order valence-electron chi connectivity index (χ1n) is 11.9. The van der Waals surface area contributed by atoms with Crippen molar-refractivity contribution in [2.75, 3.05) is 20.3 Å². The minimum atomic E-state index is -3.72. The summed E-state index contributed by atoms with van der Waals surface area (Å²) in [7, 11) is -2.17. The summed E-state index contributed by atoms with van der Waals surface area (Å²) in [5, 5.41) is 0.0353. The van der Waals surface area contributed by atoms with Crippen molar-refractivity contribution in [3.63, 3.8) is 0 Å². The highest BCUT2D eigenvalue weighted by atomic mass is 32.2. The van der Waals surface area contributed by atoms with E-state index in [0.717, 1.165) is 12.8 Å². The molecule has 0 N–H and O–H groups in total. The summed E-state index contributed by atoms with van der Waals surface area (Å²) in [6.45, 7) is 9.82. The molecule has 0 bridgehead atoms. The molecule has 0 radical (unpaired) electrons. The number of sulfone groups is 1. The summed E-state index contributed by atoms with van der Waals surface area (Å²) in [5.41, 5.74) is 1.35. The second kappa shape index (κ2) is 11.4. The Kier molecular flexibility index (Phi) is 8.76. The molecule has 1 aromatic carbocycles. The van der Waals surface area contributed by atoms with Gasteiger partial charge in [0.25, 0.3) is 0 Å². The second-order valence-corrected chi connectivity index (χ2v) is 11.5. The molecule has 1 fully saturated rings. The van der Waals surface area contributed by atoms with E-state index >= 15 is 0 Å². The quantitative estimate of drug-likeness (QED) is 0.476. The van der Waals surface area contributed by atoms with Crippen LogP contribution in [0, 0.1) is 11.8 Å². The number of aromatic nitrogens is 2. The number of carbonyl (C=O) groups excluding carboxylic acids is 1. The third-order valence-electron chi connectivity index (χ3n) is 5.82. The molecule has 1 aliphatic rings. The maximum absolute atomic E-state index is 13.4. The topological polar surface area (TPSA) is 90.7 Å². The van der Waals surface area contributed by atoms with Crippen LogP contribution in [0.5, 0.6) is 5.75 Å². The van der Waals surface area contributed by atoms with Gasteiger partial charge in [0.05, 0.1) is 37.4 Å². The lowest BCUT2D eigenvalue weighted by Gasteiger charge is -2.28. The standard InChI is InChI=1S/C25H37N3O5S/c1-18(2)14-28-21(15-27(24(29)19(3)4)16-23-10-7-11-33-23)13-26-25(28)34(30,31)17-20-8-6-9-22(12-20)32-5/h6,8-9,12-13,18-19,23H,7,10-11,14-17H2,1-5H3. The lowest BCUT2D eigenvalue weighted by molar-refractivity contribution is -0.136. The van der Waals surface area contributed by atoms with Crippen molar-refractivity contribution in [1.82, 2.24) is 14.5 Å². The van der Waals surface area contributed by atoms with E-state index in [1.165, 1.54) is 0 Å². The van der Waals surface area contributed by atoms with Crippen LogP contribution in [0.15, 0.2) is 35.6 Å². The van der Waals surface area contributed by atoms with E-state index in [1.807, 2.05) is 27.7 Å². The minimum absolute atomic E-state index is 0.0143. The van der Waals surface area contributed by atoms with Gasteiger partial charge in [0.2, 0.25) is 20.9 Å². The van der Waals surface area contributed by atoms with Gasteiger partial charge >= 0.3 is 0 Å². The summed E-state index contributed by atoms with van der Waals surface area (Å²) in [6.07, 6.45) is 3.52. The van der Waals surface area contributed by atoms with Crippen LogP contribution >= 0.6 is 0 Å². The zero-order valence-corrected chi connectivity index (χ0v) is 21.7. The first kappa shape index (κ1) is 26.2. The Labute approximate surface area is 203 Å². The van der Waals surface area contributed by atoms with E-state index < -0.39 is 9.84 Å². The number of amides is 1. The SMILES string of the molecule is COc1cccc(CS(=O)(=O)c2ncc(CN(CC3CCCO3)C(=O)C(C)C)n2CC(C)C)c1. The van der Waals surface area contributed by atoms with Gasteiger partial charge in [-0.2, -0.15) is 0 Å². The van der Waals surface area contributed by atoms with Crippen molar-refractivity contribution >= 4 is 15.7 Å². The zero-order chi connectivity index (χ0) is 24.9. The van der Waals surface area contributed by atoms with Gasteiger partial charge in [0.15, 0.2) is 0 Å². The second-order valence-electron chi connectivity index (χ2n) is 9.66. The largest absolute Gasteiger partial charge is 0.497 e. The predicted molar refractivity (Wildman–Crippen MR) is 130 cm³/mol. The van der Waals surface area contributed by atoms with Crippen molar-refractivity contribution in [2.24, 2.45) is 11.8 Å². The van der Waals surface area contributed by atoms with Crippen molar-refractivity contribution in [2.45, 2.75) is 70.6 Å². The van der Waals surface area contributed by atoms with E-state index in [0.29, 0.717) is 43.2 Å². The molecule has 1 aromatic heterocycles. The maximum atomic E-state index is 13.4. The summed E-state index contributed by atoms with van der Waals surface area (Å²) in [4.78, 5) is 19.1. The van der Waals surface area contributed by atoms with Crippen LogP contribution in [0.1, 0.15) is 51.8 Å². The fourth-order valence-electron chi connectivity index (χ4n) is 4.20. The van der Waals surface area contributed by atoms with Crippen molar-refractivity contribution in [3.05, 3.63) is 41.7 Å². The Morgan fingerprint density at radius 1 is 1.29 bits per heavy atom. The maximum Gasteiger partial charge on any atom is 0.228 e. The number of ether oxygens (including phenoxy) is 2. The summed E-state index contributed by atoms with van der Waals surface area (Å²) < 4.78 is 39.6. The molecule has 2 heterocycles. The van der Waals surface area contributed by atoms with Gasteiger partial charge in [-0.15, -0.1) is 0 Å². The van der Waals surface area contributed by atoms with Crippen LogP contribution < -0.4 is 4.74 Å². The summed E-state index contributed by atoms with van der Waals surface area (Å²) in [5.74, 6) is 0.485. The van der Waals surface area contributed by atoms with Gasteiger partial charge in [-0.25, -0.2) is 13.4 Å². The molecule has 9 heteroatoms. The molecule has 3 rings (SSSR count). The Morgan fingerprint density at radius 3 is 2.68 bits per heavy atom. The van der Waals surface area contributed by atoms with E-state index in [-0.39, 0.29) is 34.8 Å². The van der Waals surface area contributed by atoms with Gasteiger partial charge in [0.1, 0.15) is 5.75 Å². The molecule has 1 unspecified atom stereocenters. The van der Waals surface area contributed by atoms with Crippen LogP contribution in [-0.2, 0) is 38.2 Å². The number of nitrogens with zero attached hydrogens (tertiary/aromatic N) is 3. The van der Waals surface area contributed by atoms with Gasteiger partial charge in [0, 0.05) is 25.6 Å². The molecular formula is C25H37N3O5S. The fourth-order valence-corrected chi connectivity index (χ4v) is 5.69. The molecule has 34 heavy (non-hydrogen) atoms. The lowest BCUT2D eigenvalue weighted by Crippen LogP contribution is -2.39. The van der Waals surface area contributed by atoms with Crippen molar-refractivity contribution < 1.29 is 22.7 Å². The smallest absolute Gasteiger partial charge is 0.228 e. The van der Waals surface area contributed by atoms with E-state index in [9.17, 15) is 13.2 Å². The van der Waals surface area contributed by atoms with E-state index in [2.05, 4.69) is 4.98 Å². The molecule has 1 saturated heterocycles. The zero-order valence-electron chi connectivity index (χ0n) is 20.9. The molecule has 2 aromatic rings. The Bertz CT molecular complexity index is 1070. The average molecular weight is 492 g/mol. The molecule has 0 spiro atoms. The Hall–Kier alpha value is -2.39. The number of imidazole rings is 1. The molecular weight excluding hydrogens is 454 g/mol. The van der Waals surface area contributed by atoms with Gasteiger partial charge < -0.3 is 18.9 Å². The molecule has 1 atom stereocenters. The van der Waals surface area contributed by atoms with Crippen LogP contribution in [0.4, 0.5) is 0 Å². The number of hydrogen-bond acceptors (Lipinski definition) is 6. The third-order valence-corrected chi connectivity index (χ3v) is 7.42. The normalized spacial score (nSPS) is 16.4. The molecule has 1 amide bonds. The van der Waals surface area contributed by atoms with Crippen LogP contribution in [-0.4, -0.2) is 55.1 Å². The average Bonchev–Trinajstić information content (AvgIpc) is 3.42. The lowest BCUT2D eigenvalue weighted by atomic mass is 10.1.